The molecule has 2 heterocycles. The summed E-state index contributed by atoms with van der Waals surface area (Å²) in [4.78, 5) is 8.21. The van der Waals surface area contributed by atoms with Crippen molar-refractivity contribution >= 4 is 22.6 Å². The molecule has 0 N–H and O–H groups in total. The second-order valence-corrected chi connectivity index (χ2v) is 4.01. The van der Waals surface area contributed by atoms with Gasteiger partial charge in [-0.05, 0) is 26.8 Å². The Labute approximate surface area is 87.7 Å². The highest BCUT2D eigenvalue weighted by molar-refractivity contribution is 6.33. The molecule has 2 aromatic rings. The molecule has 0 radical (unpaired) electrons. The van der Waals surface area contributed by atoms with Gasteiger partial charge in [-0.25, -0.2) is 9.97 Å². The molecular formula is C10H12ClN3. The van der Waals surface area contributed by atoms with Crippen LogP contribution in [0.3, 0.4) is 0 Å². The van der Waals surface area contributed by atoms with Crippen molar-refractivity contribution in [3.63, 3.8) is 0 Å². The van der Waals surface area contributed by atoms with Crippen LogP contribution in [0, 0.1) is 6.92 Å². The second kappa shape index (κ2) is 3.24. The summed E-state index contributed by atoms with van der Waals surface area (Å²) in [5, 5.41) is 1.46. The lowest BCUT2D eigenvalue weighted by Gasteiger charge is -2.10. The van der Waals surface area contributed by atoms with E-state index in [0.29, 0.717) is 11.2 Å². The van der Waals surface area contributed by atoms with Crippen LogP contribution in [0.2, 0.25) is 5.15 Å². The summed E-state index contributed by atoms with van der Waals surface area (Å²) in [7, 11) is 0. The number of nitrogens with zero attached hydrogens (tertiary/aromatic N) is 3. The highest BCUT2D eigenvalue weighted by atomic mass is 35.5. The molecule has 0 bridgehead atoms. The van der Waals surface area contributed by atoms with E-state index < -0.39 is 0 Å². The predicted molar refractivity (Wildman–Crippen MR) is 57.7 cm³/mol. The first-order chi connectivity index (χ1) is 6.61. The summed E-state index contributed by atoms with van der Waals surface area (Å²) in [6, 6.07) is 2.41. The minimum atomic E-state index is 0.387. The standard InChI is InChI=1S/C10H12ClN3/c1-6(2)14-7(3)4-8-9(11)12-5-13-10(8)14/h4-6H,1-3H3. The fourth-order valence-corrected chi connectivity index (χ4v) is 1.96. The van der Waals surface area contributed by atoms with E-state index in [9.17, 15) is 0 Å². The van der Waals surface area contributed by atoms with Crippen LogP contribution in [-0.4, -0.2) is 14.5 Å². The van der Waals surface area contributed by atoms with Crippen molar-refractivity contribution in [1.82, 2.24) is 14.5 Å². The third-order valence-corrected chi connectivity index (χ3v) is 2.59. The van der Waals surface area contributed by atoms with Crippen LogP contribution in [0.25, 0.3) is 11.0 Å². The third kappa shape index (κ3) is 1.28. The van der Waals surface area contributed by atoms with Crippen LogP contribution in [0.4, 0.5) is 0 Å². The smallest absolute Gasteiger partial charge is 0.145 e. The molecule has 0 aliphatic heterocycles. The average molecular weight is 210 g/mol. The lowest BCUT2D eigenvalue weighted by atomic mass is 10.3. The Bertz CT molecular complexity index is 473. The molecule has 0 spiro atoms. The molecule has 0 fully saturated rings. The zero-order valence-electron chi connectivity index (χ0n) is 8.45. The van der Waals surface area contributed by atoms with Gasteiger partial charge in [-0.15, -0.1) is 0 Å². The van der Waals surface area contributed by atoms with E-state index in [-0.39, 0.29) is 0 Å². The summed E-state index contributed by atoms with van der Waals surface area (Å²) >= 11 is 5.98. The highest BCUT2D eigenvalue weighted by Gasteiger charge is 2.11. The van der Waals surface area contributed by atoms with E-state index in [4.69, 9.17) is 11.6 Å². The van der Waals surface area contributed by atoms with Crippen LogP contribution >= 0.6 is 11.6 Å². The maximum absolute atomic E-state index is 5.98. The van der Waals surface area contributed by atoms with E-state index >= 15 is 0 Å². The van der Waals surface area contributed by atoms with Crippen LogP contribution in [-0.2, 0) is 0 Å². The van der Waals surface area contributed by atoms with Crippen LogP contribution in [0.1, 0.15) is 25.6 Å². The zero-order valence-corrected chi connectivity index (χ0v) is 9.21. The first-order valence-electron chi connectivity index (χ1n) is 4.59. The average Bonchev–Trinajstić information content (AvgIpc) is 2.42. The van der Waals surface area contributed by atoms with Gasteiger partial charge in [0.05, 0.1) is 5.39 Å². The minimum absolute atomic E-state index is 0.387. The number of hydrogen-bond acceptors (Lipinski definition) is 2. The Hall–Kier alpha value is -1.09. The maximum Gasteiger partial charge on any atom is 0.145 e. The summed E-state index contributed by atoms with van der Waals surface area (Å²) in [5.74, 6) is 0. The molecule has 0 saturated heterocycles. The Morgan fingerprint density at radius 3 is 2.71 bits per heavy atom. The van der Waals surface area contributed by atoms with Gasteiger partial charge in [0, 0.05) is 11.7 Å². The molecule has 0 aromatic carbocycles. The van der Waals surface area contributed by atoms with Gasteiger partial charge in [0.1, 0.15) is 17.1 Å². The molecule has 4 heteroatoms. The molecule has 2 aromatic heterocycles. The normalized spacial score (nSPS) is 11.5. The molecule has 0 aliphatic rings. The van der Waals surface area contributed by atoms with E-state index in [0.717, 1.165) is 16.7 Å². The molecule has 0 amide bonds. The van der Waals surface area contributed by atoms with E-state index in [1.165, 1.54) is 6.33 Å². The van der Waals surface area contributed by atoms with Crippen molar-refractivity contribution in [2.24, 2.45) is 0 Å². The third-order valence-electron chi connectivity index (χ3n) is 2.29. The Morgan fingerprint density at radius 2 is 2.07 bits per heavy atom. The van der Waals surface area contributed by atoms with Crippen LogP contribution in [0.15, 0.2) is 12.4 Å². The first kappa shape index (κ1) is 9.46. The Morgan fingerprint density at radius 1 is 1.36 bits per heavy atom. The minimum Gasteiger partial charge on any atom is -0.327 e. The maximum atomic E-state index is 5.98. The van der Waals surface area contributed by atoms with Gasteiger partial charge in [-0.3, -0.25) is 0 Å². The van der Waals surface area contributed by atoms with Gasteiger partial charge in [-0.2, -0.15) is 0 Å². The van der Waals surface area contributed by atoms with E-state index in [1.807, 2.05) is 6.07 Å². The highest BCUT2D eigenvalue weighted by Crippen LogP contribution is 2.25. The van der Waals surface area contributed by atoms with Crippen molar-refractivity contribution < 1.29 is 0 Å². The topological polar surface area (TPSA) is 30.7 Å². The lowest BCUT2D eigenvalue weighted by Crippen LogP contribution is -2.03. The zero-order chi connectivity index (χ0) is 10.3. The molecule has 0 saturated carbocycles. The Kier molecular flexibility index (Phi) is 2.19. The van der Waals surface area contributed by atoms with Gasteiger partial charge >= 0.3 is 0 Å². The molecule has 74 valence electrons. The van der Waals surface area contributed by atoms with Gasteiger partial charge in [0.15, 0.2) is 0 Å². The fraction of sp³-hybridized carbons (Fsp3) is 0.400. The van der Waals surface area contributed by atoms with Gasteiger partial charge in [-0.1, -0.05) is 11.6 Å². The quantitative estimate of drug-likeness (QED) is 0.676. The largest absolute Gasteiger partial charge is 0.327 e. The van der Waals surface area contributed by atoms with E-state index in [1.54, 1.807) is 0 Å². The Balaban J connectivity index is 2.83. The van der Waals surface area contributed by atoms with Crippen LogP contribution < -0.4 is 0 Å². The van der Waals surface area contributed by atoms with Gasteiger partial charge < -0.3 is 4.57 Å². The number of aryl methyl sites for hydroxylation is 1. The predicted octanol–water partition coefficient (Wildman–Crippen LogP) is 2.97. The van der Waals surface area contributed by atoms with Crippen molar-refractivity contribution in [3.05, 3.63) is 23.2 Å². The second-order valence-electron chi connectivity index (χ2n) is 3.65. The molecular weight excluding hydrogens is 198 g/mol. The number of rotatable bonds is 1. The fourth-order valence-electron chi connectivity index (χ4n) is 1.78. The van der Waals surface area contributed by atoms with E-state index in [2.05, 4.69) is 35.3 Å². The SMILES string of the molecule is Cc1cc2c(Cl)ncnc2n1C(C)C. The van der Waals surface area contributed by atoms with Gasteiger partial charge in [0.2, 0.25) is 0 Å². The molecule has 14 heavy (non-hydrogen) atoms. The molecule has 3 nitrogen and oxygen atoms in total. The summed E-state index contributed by atoms with van der Waals surface area (Å²) in [6.45, 7) is 6.31. The molecule has 0 atom stereocenters. The monoisotopic (exact) mass is 209 g/mol. The first-order valence-corrected chi connectivity index (χ1v) is 4.97. The van der Waals surface area contributed by atoms with Crippen LogP contribution in [0.5, 0.6) is 0 Å². The number of hydrogen-bond donors (Lipinski definition) is 0. The molecule has 2 rings (SSSR count). The summed E-state index contributed by atoms with van der Waals surface area (Å²) in [5.41, 5.74) is 2.08. The van der Waals surface area contributed by atoms with Crippen molar-refractivity contribution in [1.29, 1.82) is 0 Å². The summed E-state index contributed by atoms with van der Waals surface area (Å²) in [6.07, 6.45) is 1.50. The molecule has 0 aliphatic carbocycles. The number of fused-ring (bicyclic) bond motifs is 1. The lowest BCUT2D eigenvalue weighted by molar-refractivity contribution is 0.603. The van der Waals surface area contributed by atoms with Crippen molar-refractivity contribution in [2.45, 2.75) is 26.8 Å². The van der Waals surface area contributed by atoms with Crippen molar-refractivity contribution in [3.8, 4) is 0 Å². The number of halogens is 1. The summed E-state index contributed by atoms with van der Waals surface area (Å²) < 4.78 is 2.16. The number of aromatic nitrogens is 3. The van der Waals surface area contributed by atoms with Gasteiger partial charge in [0.25, 0.3) is 0 Å². The van der Waals surface area contributed by atoms with Crippen molar-refractivity contribution in [2.75, 3.05) is 0 Å². The molecule has 0 unspecified atom stereocenters.